The van der Waals surface area contributed by atoms with E-state index >= 15 is 0 Å². The van der Waals surface area contributed by atoms with Crippen LogP contribution in [0.15, 0.2) is 49.0 Å². The van der Waals surface area contributed by atoms with E-state index in [-0.39, 0.29) is 0 Å². The SMILES string of the molecule is C=Cc1ccc2c(c1)Nc1ccccc1O2. The van der Waals surface area contributed by atoms with Crippen LogP contribution in [0.25, 0.3) is 6.08 Å². The Hall–Kier alpha value is -2.22. The second kappa shape index (κ2) is 3.42. The maximum absolute atomic E-state index is 5.78. The molecule has 78 valence electrons. The van der Waals surface area contributed by atoms with Crippen LogP contribution in [-0.4, -0.2) is 0 Å². The van der Waals surface area contributed by atoms with E-state index in [2.05, 4.69) is 11.9 Å². The number of rotatable bonds is 1. The van der Waals surface area contributed by atoms with Crippen LogP contribution in [0, 0.1) is 0 Å². The number of hydrogen-bond acceptors (Lipinski definition) is 2. The molecule has 0 saturated heterocycles. The molecule has 2 heteroatoms. The predicted octanol–water partition coefficient (Wildman–Crippen LogP) is 4.18. The van der Waals surface area contributed by atoms with Crippen LogP contribution in [0.4, 0.5) is 11.4 Å². The van der Waals surface area contributed by atoms with Gasteiger partial charge in [-0.05, 0) is 29.8 Å². The molecule has 16 heavy (non-hydrogen) atoms. The van der Waals surface area contributed by atoms with E-state index in [9.17, 15) is 0 Å². The van der Waals surface area contributed by atoms with Gasteiger partial charge in [-0.2, -0.15) is 0 Å². The first-order chi connectivity index (χ1) is 7.86. The van der Waals surface area contributed by atoms with E-state index in [1.807, 2.05) is 48.5 Å². The summed E-state index contributed by atoms with van der Waals surface area (Å²) >= 11 is 0. The molecule has 2 aromatic carbocycles. The number of benzene rings is 2. The van der Waals surface area contributed by atoms with Crippen molar-refractivity contribution < 1.29 is 4.74 Å². The van der Waals surface area contributed by atoms with Crippen molar-refractivity contribution in [3.63, 3.8) is 0 Å². The summed E-state index contributed by atoms with van der Waals surface area (Å²) in [6.07, 6.45) is 1.82. The second-order valence-electron chi connectivity index (χ2n) is 3.68. The van der Waals surface area contributed by atoms with Crippen LogP contribution in [0.3, 0.4) is 0 Å². The van der Waals surface area contributed by atoms with Crippen LogP contribution < -0.4 is 10.1 Å². The summed E-state index contributed by atoms with van der Waals surface area (Å²) in [7, 11) is 0. The van der Waals surface area contributed by atoms with Gasteiger partial charge < -0.3 is 10.1 Å². The maximum Gasteiger partial charge on any atom is 0.151 e. The highest BCUT2D eigenvalue weighted by Gasteiger charge is 2.15. The average molecular weight is 209 g/mol. The lowest BCUT2D eigenvalue weighted by Gasteiger charge is -2.21. The molecule has 2 aromatic rings. The van der Waals surface area contributed by atoms with E-state index in [1.54, 1.807) is 0 Å². The van der Waals surface area contributed by atoms with Gasteiger partial charge >= 0.3 is 0 Å². The van der Waals surface area contributed by atoms with Gasteiger partial charge in [0.05, 0.1) is 11.4 Å². The molecule has 1 aliphatic heterocycles. The number of anilines is 2. The molecule has 0 amide bonds. The first-order valence-electron chi connectivity index (χ1n) is 5.17. The van der Waals surface area contributed by atoms with E-state index in [0.29, 0.717) is 0 Å². The molecule has 0 atom stereocenters. The quantitative estimate of drug-likeness (QED) is 0.649. The molecule has 0 unspecified atom stereocenters. The molecule has 0 saturated carbocycles. The van der Waals surface area contributed by atoms with Gasteiger partial charge in [-0.25, -0.2) is 0 Å². The fourth-order valence-corrected chi connectivity index (χ4v) is 1.78. The summed E-state index contributed by atoms with van der Waals surface area (Å²) in [5, 5.41) is 3.34. The molecule has 3 rings (SSSR count). The van der Waals surface area contributed by atoms with E-state index < -0.39 is 0 Å². The molecule has 0 radical (unpaired) electrons. The Kier molecular flexibility index (Phi) is 1.93. The van der Waals surface area contributed by atoms with E-state index in [1.165, 1.54) is 0 Å². The monoisotopic (exact) mass is 209 g/mol. The number of ether oxygens (including phenoxy) is 1. The van der Waals surface area contributed by atoms with Crippen LogP contribution in [0.1, 0.15) is 5.56 Å². The molecule has 1 heterocycles. The summed E-state index contributed by atoms with van der Waals surface area (Å²) in [5.41, 5.74) is 3.06. The first kappa shape index (κ1) is 9.04. The van der Waals surface area contributed by atoms with Crippen molar-refractivity contribution >= 4 is 17.5 Å². The van der Waals surface area contributed by atoms with Crippen molar-refractivity contribution in [1.82, 2.24) is 0 Å². The largest absolute Gasteiger partial charge is 0.453 e. The van der Waals surface area contributed by atoms with Gasteiger partial charge in [-0.1, -0.05) is 30.9 Å². The minimum atomic E-state index is 0.851. The van der Waals surface area contributed by atoms with E-state index in [0.717, 1.165) is 28.4 Å². The zero-order chi connectivity index (χ0) is 11.0. The smallest absolute Gasteiger partial charge is 0.151 e. The number of hydrogen-bond donors (Lipinski definition) is 1. The molecule has 1 N–H and O–H groups in total. The highest BCUT2D eigenvalue weighted by Crippen LogP contribution is 2.41. The topological polar surface area (TPSA) is 21.3 Å². The highest BCUT2D eigenvalue weighted by molar-refractivity contribution is 5.77. The normalized spacial score (nSPS) is 11.8. The van der Waals surface area contributed by atoms with Crippen molar-refractivity contribution in [3.8, 4) is 11.5 Å². The van der Waals surface area contributed by atoms with Gasteiger partial charge in [0, 0.05) is 0 Å². The standard InChI is InChI=1S/C14H11NO/c1-2-10-7-8-14-12(9-10)15-11-5-3-4-6-13(11)16-14/h2-9,15H,1H2. The lowest BCUT2D eigenvalue weighted by atomic mass is 10.1. The minimum Gasteiger partial charge on any atom is -0.453 e. The van der Waals surface area contributed by atoms with Crippen LogP contribution in [0.2, 0.25) is 0 Å². The van der Waals surface area contributed by atoms with Crippen LogP contribution in [0.5, 0.6) is 11.5 Å². The summed E-state index contributed by atoms with van der Waals surface area (Å²) in [4.78, 5) is 0. The Labute approximate surface area is 94.2 Å². The maximum atomic E-state index is 5.78. The average Bonchev–Trinajstić information content (AvgIpc) is 2.35. The van der Waals surface area contributed by atoms with Crippen molar-refractivity contribution in [2.45, 2.75) is 0 Å². The van der Waals surface area contributed by atoms with Gasteiger partial charge in [-0.15, -0.1) is 0 Å². The van der Waals surface area contributed by atoms with Crippen molar-refractivity contribution in [2.75, 3.05) is 5.32 Å². The van der Waals surface area contributed by atoms with Gasteiger partial charge in [0.15, 0.2) is 11.5 Å². The second-order valence-corrected chi connectivity index (χ2v) is 3.68. The highest BCUT2D eigenvalue weighted by atomic mass is 16.5. The summed E-state index contributed by atoms with van der Waals surface area (Å²) in [6, 6.07) is 13.9. The summed E-state index contributed by atoms with van der Waals surface area (Å²) in [5.74, 6) is 1.71. The molecule has 2 nitrogen and oxygen atoms in total. The molecule has 1 aliphatic rings. The van der Waals surface area contributed by atoms with Crippen molar-refractivity contribution in [1.29, 1.82) is 0 Å². The first-order valence-corrected chi connectivity index (χ1v) is 5.17. The number of fused-ring (bicyclic) bond motifs is 2. The molecular formula is C14H11NO. The number of nitrogens with one attached hydrogen (secondary N) is 1. The lowest BCUT2D eigenvalue weighted by molar-refractivity contribution is 0.481. The Morgan fingerprint density at radius 1 is 1.00 bits per heavy atom. The van der Waals surface area contributed by atoms with Gasteiger partial charge in [0.1, 0.15) is 0 Å². The molecular weight excluding hydrogens is 198 g/mol. The van der Waals surface area contributed by atoms with Crippen LogP contribution in [-0.2, 0) is 0 Å². The third kappa shape index (κ3) is 1.36. The number of para-hydroxylation sites is 2. The summed E-state index contributed by atoms with van der Waals surface area (Å²) in [6.45, 7) is 3.76. The molecule has 0 bridgehead atoms. The fraction of sp³-hybridized carbons (Fsp3) is 0. The van der Waals surface area contributed by atoms with E-state index in [4.69, 9.17) is 4.74 Å². The Morgan fingerprint density at radius 3 is 2.69 bits per heavy atom. The zero-order valence-electron chi connectivity index (χ0n) is 8.73. The molecule has 0 fully saturated rings. The third-order valence-electron chi connectivity index (χ3n) is 2.62. The summed E-state index contributed by atoms with van der Waals surface area (Å²) < 4.78 is 5.78. The molecule has 0 spiro atoms. The Bertz CT molecular complexity index is 560. The van der Waals surface area contributed by atoms with Crippen LogP contribution >= 0.6 is 0 Å². The van der Waals surface area contributed by atoms with Crippen molar-refractivity contribution in [3.05, 3.63) is 54.6 Å². The molecule has 0 aliphatic carbocycles. The Morgan fingerprint density at radius 2 is 1.81 bits per heavy atom. The van der Waals surface area contributed by atoms with Gasteiger partial charge in [0.25, 0.3) is 0 Å². The fourth-order valence-electron chi connectivity index (χ4n) is 1.78. The zero-order valence-corrected chi connectivity index (χ0v) is 8.73. The minimum absolute atomic E-state index is 0.851. The van der Waals surface area contributed by atoms with Crippen molar-refractivity contribution in [2.24, 2.45) is 0 Å². The van der Waals surface area contributed by atoms with Gasteiger partial charge in [-0.3, -0.25) is 0 Å². The molecule has 0 aromatic heterocycles. The Balaban J connectivity index is 2.08. The third-order valence-corrected chi connectivity index (χ3v) is 2.62. The van der Waals surface area contributed by atoms with Gasteiger partial charge in [0.2, 0.25) is 0 Å². The predicted molar refractivity (Wildman–Crippen MR) is 66.3 cm³/mol. The lowest BCUT2D eigenvalue weighted by Crippen LogP contribution is -2.02.